The zero-order chi connectivity index (χ0) is 15.1. The predicted octanol–water partition coefficient (Wildman–Crippen LogP) is 1.09. The molecule has 1 atom stereocenters. The van der Waals surface area contributed by atoms with E-state index in [9.17, 15) is 9.59 Å². The summed E-state index contributed by atoms with van der Waals surface area (Å²) >= 11 is 0. The summed E-state index contributed by atoms with van der Waals surface area (Å²) in [5, 5.41) is 2.37. The number of anilines is 1. The fraction of sp³-hybridized carbons (Fsp3) is 0.250. The van der Waals surface area contributed by atoms with Crippen LogP contribution in [0.15, 0.2) is 42.6 Å². The molecule has 0 spiro atoms. The molecule has 0 radical (unpaired) electrons. The maximum atomic E-state index is 11.9. The van der Waals surface area contributed by atoms with Gasteiger partial charge in [0.25, 0.3) is 0 Å². The van der Waals surface area contributed by atoms with Crippen LogP contribution in [0.3, 0.4) is 0 Å². The van der Waals surface area contributed by atoms with E-state index >= 15 is 0 Å². The summed E-state index contributed by atoms with van der Waals surface area (Å²) in [6.07, 6.45) is 2.13. The Morgan fingerprint density at radius 3 is 2.68 bits per heavy atom. The van der Waals surface area contributed by atoms with Crippen molar-refractivity contribution in [2.45, 2.75) is 12.5 Å². The van der Waals surface area contributed by atoms with E-state index in [0.717, 1.165) is 11.4 Å². The van der Waals surface area contributed by atoms with Crippen molar-refractivity contribution in [3.05, 3.63) is 42.6 Å². The second-order valence-electron chi connectivity index (χ2n) is 5.39. The number of imide groups is 1. The molecule has 3 heterocycles. The molecule has 1 saturated heterocycles. The number of fused-ring (bicyclic) bond motifs is 1. The average Bonchev–Trinajstić information content (AvgIpc) is 3.11. The van der Waals surface area contributed by atoms with Crippen molar-refractivity contribution >= 4 is 17.5 Å². The van der Waals surface area contributed by atoms with Crippen LogP contribution in [0.5, 0.6) is 5.88 Å². The Balaban J connectivity index is 1.73. The van der Waals surface area contributed by atoms with Gasteiger partial charge in [-0.25, -0.2) is 0 Å². The molecule has 2 aliphatic heterocycles. The number of hydrogen-bond acceptors (Lipinski definition) is 4. The minimum Gasteiger partial charge on any atom is -0.475 e. The maximum absolute atomic E-state index is 11.9. The van der Waals surface area contributed by atoms with Crippen molar-refractivity contribution in [3.63, 3.8) is 0 Å². The second-order valence-corrected chi connectivity index (χ2v) is 5.39. The molecule has 112 valence electrons. The van der Waals surface area contributed by atoms with Crippen molar-refractivity contribution in [1.29, 1.82) is 0 Å². The fourth-order valence-electron chi connectivity index (χ4n) is 3.04. The molecule has 4 rings (SSSR count). The van der Waals surface area contributed by atoms with Gasteiger partial charge in [-0.2, -0.15) is 0 Å². The fourth-order valence-corrected chi connectivity index (χ4v) is 3.04. The summed E-state index contributed by atoms with van der Waals surface area (Å²) < 4.78 is 7.76. The van der Waals surface area contributed by atoms with Gasteiger partial charge in [-0.15, -0.1) is 0 Å². The first-order chi connectivity index (χ1) is 10.7. The Hall–Kier alpha value is -2.76. The van der Waals surface area contributed by atoms with Gasteiger partial charge in [0.05, 0.1) is 13.0 Å². The highest BCUT2D eigenvalue weighted by atomic mass is 16.5. The molecule has 6 nitrogen and oxygen atoms in total. The number of rotatable bonds is 2. The number of carbonyl (C=O) groups is 2. The molecule has 0 saturated carbocycles. The summed E-state index contributed by atoms with van der Waals surface area (Å²) in [7, 11) is 0. The molecular formula is C16H15N3O3. The maximum Gasteiger partial charge on any atom is 0.249 e. The third-order valence-electron chi connectivity index (χ3n) is 4.05. The molecule has 2 amide bonds. The highest BCUT2D eigenvalue weighted by Crippen LogP contribution is 2.37. The lowest BCUT2D eigenvalue weighted by atomic mass is 10.2. The third kappa shape index (κ3) is 1.95. The van der Waals surface area contributed by atoms with Crippen molar-refractivity contribution < 1.29 is 14.3 Å². The number of ether oxygens (including phenoxy) is 1. The molecular weight excluding hydrogens is 282 g/mol. The van der Waals surface area contributed by atoms with Crippen molar-refractivity contribution in [1.82, 2.24) is 9.88 Å². The summed E-state index contributed by atoms with van der Waals surface area (Å²) in [6, 6.07) is 11.4. The first kappa shape index (κ1) is 12.9. The molecule has 1 aromatic heterocycles. The van der Waals surface area contributed by atoms with E-state index in [2.05, 4.69) is 5.32 Å². The lowest BCUT2D eigenvalue weighted by Gasteiger charge is -2.32. The van der Waals surface area contributed by atoms with E-state index in [-0.39, 0.29) is 18.2 Å². The van der Waals surface area contributed by atoms with Gasteiger partial charge in [0.2, 0.25) is 17.7 Å². The molecule has 6 heteroatoms. The zero-order valence-electron chi connectivity index (χ0n) is 11.9. The van der Waals surface area contributed by atoms with Crippen molar-refractivity contribution in [3.8, 4) is 11.6 Å². The summed E-state index contributed by atoms with van der Waals surface area (Å²) in [5.74, 6) is 0.264. The molecule has 1 aromatic carbocycles. The lowest BCUT2D eigenvalue weighted by Crippen LogP contribution is -2.45. The van der Waals surface area contributed by atoms with Crippen LogP contribution in [0.1, 0.15) is 6.42 Å². The van der Waals surface area contributed by atoms with Gasteiger partial charge in [0.15, 0.2) is 0 Å². The van der Waals surface area contributed by atoms with Crippen LogP contribution in [0.25, 0.3) is 5.69 Å². The topological polar surface area (TPSA) is 63.6 Å². The van der Waals surface area contributed by atoms with Gasteiger partial charge in [-0.3, -0.25) is 19.5 Å². The van der Waals surface area contributed by atoms with Crippen LogP contribution in [0.2, 0.25) is 0 Å². The van der Waals surface area contributed by atoms with Crippen LogP contribution >= 0.6 is 0 Å². The van der Waals surface area contributed by atoms with Gasteiger partial charge in [-0.05, 0) is 18.2 Å². The van der Waals surface area contributed by atoms with Crippen LogP contribution in [-0.4, -0.2) is 35.6 Å². The summed E-state index contributed by atoms with van der Waals surface area (Å²) in [5.41, 5.74) is 1.85. The Morgan fingerprint density at radius 2 is 1.95 bits per heavy atom. The quantitative estimate of drug-likeness (QED) is 0.843. The number of hydrogen-bond donors (Lipinski definition) is 1. The van der Waals surface area contributed by atoms with Crippen LogP contribution < -0.4 is 15.0 Å². The smallest absolute Gasteiger partial charge is 0.249 e. The molecule has 2 aromatic rings. The number of carbonyl (C=O) groups excluding carboxylic acids is 2. The first-order valence-corrected chi connectivity index (χ1v) is 7.24. The van der Waals surface area contributed by atoms with E-state index in [0.29, 0.717) is 19.0 Å². The Kier molecular flexibility index (Phi) is 2.89. The third-order valence-corrected chi connectivity index (χ3v) is 4.05. The van der Waals surface area contributed by atoms with E-state index < -0.39 is 6.04 Å². The van der Waals surface area contributed by atoms with Gasteiger partial charge in [-0.1, -0.05) is 18.2 Å². The number of benzene rings is 1. The van der Waals surface area contributed by atoms with Crippen LogP contribution in [0.4, 0.5) is 5.69 Å². The molecule has 0 aliphatic carbocycles. The van der Waals surface area contributed by atoms with E-state index in [1.807, 2.05) is 52.1 Å². The number of para-hydroxylation sites is 1. The molecule has 0 bridgehead atoms. The minimum absolute atomic E-state index is 0.203. The minimum atomic E-state index is -0.443. The standard InChI is InChI=1S/C16H15N3O3/c20-14-10-13(15(21)17-14)19-8-9-22-16-12(19)6-7-18(16)11-4-2-1-3-5-11/h1-7,13H,8-10H2,(H,17,20,21). The number of aromatic nitrogens is 1. The van der Waals surface area contributed by atoms with E-state index in [1.54, 1.807) is 0 Å². The zero-order valence-corrected chi connectivity index (χ0v) is 11.9. The molecule has 2 aliphatic rings. The molecule has 22 heavy (non-hydrogen) atoms. The highest BCUT2D eigenvalue weighted by Gasteiger charge is 2.38. The predicted molar refractivity (Wildman–Crippen MR) is 80.2 cm³/mol. The Morgan fingerprint density at radius 1 is 1.14 bits per heavy atom. The van der Waals surface area contributed by atoms with Gasteiger partial charge in [0.1, 0.15) is 18.3 Å². The molecule has 1 fully saturated rings. The van der Waals surface area contributed by atoms with E-state index in [4.69, 9.17) is 4.74 Å². The van der Waals surface area contributed by atoms with Crippen LogP contribution in [-0.2, 0) is 9.59 Å². The van der Waals surface area contributed by atoms with Gasteiger partial charge < -0.3 is 9.64 Å². The monoisotopic (exact) mass is 297 g/mol. The summed E-state index contributed by atoms with van der Waals surface area (Å²) in [4.78, 5) is 25.4. The molecule has 1 N–H and O–H groups in total. The first-order valence-electron chi connectivity index (χ1n) is 7.24. The summed E-state index contributed by atoms with van der Waals surface area (Å²) in [6.45, 7) is 1.08. The molecule has 1 unspecified atom stereocenters. The highest BCUT2D eigenvalue weighted by molar-refractivity contribution is 6.07. The number of nitrogens with one attached hydrogen (secondary N) is 1. The van der Waals surface area contributed by atoms with Gasteiger partial charge >= 0.3 is 0 Å². The van der Waals surface area contributed by atoms with Crippen molar-refractivity contribution in [2.24, 2.45) is 0 Å². The Bertz CT molecular complexity index is 738. The van der Waals surface area contributed by atoms with E-state index in [1.165, 1.54) is 0 Å². The number of nitrogens with zero attached hydrogens (tertiary/aromatic N) is 2. The lowest BCUT2D eigenvalue weighted by molar-refractivity contribution is -0.125. The Labute approximate surface area is 127 Å². The van der Waals surface area contributed by atoms with Gasteiger partial charge in [0, 0.05) is 11.9 Å². The van der Waals surface area contributed by atoms with Crippen molar-refractivity contribution in [2.75, 3.05) is 18.1 Å². The second kappa shape index (κ2) is 4.91. The SMILES string of the molecule is O=C1CC(N2CCOc3c2ccn3-c2ccccc2)C(=O)N1. The normalized spacial score (nSPS) is 20.5. The largest absolute Gasteiger partial charge is 0.475 e. The van der Waals surface area contributed by atoms with Crippen LogP contribution in [0, 0.1) is 0 Å². The number of amides is 2. The average molecular weight is 297 g/mol.